The first-order chi connectivity index (χ1) is 28.3. The van der Waals surface area contributed by atoms with Crippen LogP contribution in [0.3, 0.4) is 0 Å². The van der Waals surface area contributed by atoms with E-state index in [-0.39, 0.29) is 11.8 Å². The molecule has 2 aliphatic rings. The van der Waals surface area contributed by atoms with Crippen molar-refractivity contribution in [1.82, 2.24) is 4.57 Å². The van der Waals surface area contributed by atoms with E-state index in [1.165, 1.54) is 105 Å². The van der Waals surface area contributed by atoms with Crippen molar-refractivity contribution < 1.29 is 0 Å². The lowest BCUT2D eigenvalue weighted by molar-refractivity contribution is 1.01. The van der Waals surface area contributed by atoms with Crippen LogP contribution in [0.2, 0.25) is 0 Å². The van der Waals surface area contributed by atoms with Crippen LogP contribution in [0.25, 0.3) is 72.0 Å². The van der Waals surface area contributed by atoms with Gasteiger partial charge in [0, 0.05) is 28.3 Å². The monoisotopic (exact) mass is 723 g/mol. The Hall–Kier alpha value is -7.22. The molecule has 0 saturated carbocycles. The van der Waals surface area contributed by atoms with Crippen molar-refractivity contribution in [1.29, 1.82) is 0 Å². The standard InChI is InChI=1S/C56H37N/c1-2-15-36(16-3-1)37-29-31-41(38-17-14-18-39(33-38)55-47-24-7-4-19-42(47)43-20-5-8-25-48(43)55)52(34-37)56-49-26-9-6-21-44(49)51-35-40(30-32-50(51)56)57-53-27-12-10-22-45(53)46-23-11-13-28-54(46)57/h1-35,55-56H. The number of nitrogens with zero attached hydrogens (tertiary/aromatic N) is 1. The highest BCUT2D eigenvalue weighted by molar-refractivity contribution is 6.09. The molecule has 1 nitrogen and oxygen atoms in total. The molecule has 10 aromatic rings. The van der Waals surface area contributed by atoms with Gasteiger partial charge < -0.3 is 4.57 Å². The molecule has 9 aromatic carbocycles. The van der Waals surface area contributed by atoms with Gasteiger partial charge in [0.2, 0.25) is 0 Å². The Labute approximate surface area is 332 Å². The highest BCUT2D eigenvalue weighted by Crippen LogP contribution is 2.53. The number of hydrogen-bond donors (Lipinski definition) is 0. The Morgan fingerprint density at radius 3 is 1.51 bits per heavy atom. The first kappa shape index (κ1) is 32.1. The second kappa shape index (κ2) is 12.7. The molecule has 0 N–H and O–H groups in total. The minimum absolute atomic E-state index is 0.0682. The Bertz CT molecular complexity index is 3100. The van der Waals surface area contributed by atoms with Crippen molar-refractivity contribution in [2.45, 2.75) is 11.8 Å². The summed E-state index contributed by atoms with van der Waals surface area (Å²) in [6, 6.07) is 79.0. The van der Waals surface area contributed by atoms with Gasteiger partial charge in [-0.25, -0.2) is 0 Å². The van der Waals surface area contributed by atoms with E-state index < -0.39 is 0 Å². The third kappa shape index (κ3) is 4.89. The number of benzene rings is 9. The molecule has 0 amide bonds. The van der Waals surface area contributed by atoms with Crippen LogP contribution in [0.5, 0.6) is 0 Å². The van der Waals surface area contributed by atoms with Crippen molar-refractivity contribution in [3.05, 3.63) is 246 Å². The van der Waals surface area contributed by atoms with Crippen LogP contribution in [0.4, 0.5) is 0 Å². The molecular weight excluding hydrogens is 687 g/mol. The van der Waals surface area contributed by atoms with Gasteiger partial charge in [-0.3, -0.25) is 0 Å². The topological polar surface area (TPSA) is 4.93 Å². The van der Waals surface area contributed by atoms with Crippen LogP contribution in [-0.4, -0.2) is 4.57 Å². The summed E-state index contributed by atoms with van der Waals surface area (Å²) in [6.45, 7) is 0. The first-order valence-electron chi connectivity index (χ1n) is 20.0. The summed E-state index contributed by atoms with van der Waals surface area (Å²) in [5.41, 5.74) is 22.0. The molecule has 1 atom stereocenters. The molecule has 0 radical (unpaired) electrons. The van der Waals surface area contributed by atoms with Gasteiger partial charge in [-0.2, -0.15) is 0 Å². The lowest BCUT2D eigenvalue weighted by Gasteiger charge is -2.22. The Kier molecular flexibility index (Phi) is 7.12. The van der Waals surface area contributed by atoms with Crippen LogP contribution in [-0.2, 0) is 0 Å². The Morgan fingerprint density at radius 1 is 0.281 bits per heavy atom. The van der Waals surface area contributed by atoms with Crippen LogP contribution < -0.4 is 0 Å². The maximum atomic E-state index is 2.47. The van der Waals surface area contributed by atoms with Gasteiger partial charge in [0.15, 0.2) is 0 Å². The zero-order valence-electron chi connectivity index (χ0n) is 31.3. The van der Waals surface area contributed by atoms with Gasteiger partial charge in [0.1, 0.15) is 0 Å². The van der Waals surface area contributed by atoms with Crippen LogP contribution in [0.1, 0.15) is 45.2 Å². The van der Waals surface area contributed by atoms with Gasteiger partial charge in [-0.05, 0) is 108 Å². The van der Waals surface area contributed by atoms with Gasteiger partial charge in [-0.15, -0.1) is 0 Å². The molecular formula is C56H37N. The molecule has 1 heterocycles. The van der Waals surface area contributed by atoms with Crippen molar-refractivity contribution in [2.75, 3.05) is 0 Å². The fourth-order valence-electron chi connectivity index (χ4n) is 10.1. The predicted octanol–water partition coefficient (Wildman–Crippen LogP) is 14.4. The molecule has 2 aliphatic carbocycles. The first-order valence-corrected chi connectivity index (χ1v) is 20.0. The summed E-state index contributed by atoms with van der Waals surface area (Å²) in [5, 5.41) is 2.56. The molecule has 1 heteroatoms. The molecule has 0 fully saturated rings. The predicted molar refractivity (Wildman–Crippen MR) is 237 cm³/mol. The second-order valence-corrected chi connectivity index (χ2v) is 15.6. The third-order valence-electron chi connectivity index (χ3n) is 12.6. The lowest BCUT2D eigenvalue weighted by atomic mass is 9.81. The van der Waals surface area contributed by atoms with Gasteiger partial charge in [-0.1, -0.05) is 182 Å². The molecule has 1 aromatic heterocycles. The number of aromatic nitrogens is 1. The highest BCUT2D eigenvalue weighted by atomic mass is 15.0. The zero-order chi connectivity index (χ0) is 37.5. The van der Waals surface area contributed by atoms with Crippen molar-refractivity contribution in [2.24, 2.45) is 0 Å². The number of para-hydroxylation sites is 2. The second-order valence-electron chi connectivity index (χ2n) is 15.6. The third-order valence-corrected chi connectivity index (χ3v) is 12.6. The fourth-order valence-corrected chi connectivity index (χ4v) is 10.1. The Balaban J connectivity index is 1.06. The number of fused-ring (bicyclic) bond motifs is 9. The molecule has 1 unspecified atom stereocenters. The molecule has 0 aliphatic heterocycles. The molecule has 57 heavy (non-hydrogen) atoms. The average Bonchev–Trinajstić information content (AvgIpc) is 3.92. The summed E-state index contributed by atoms with van der Waals surface area (Å²) in [7, 11) is 0. The Morgan fingerprint density at radius 2 is 0.825 bits per heavy atom. The van der Waals surface area contributed by atoms with Crippen molar-refractivity contribution in [3.63, 3.8) is 0 Å². The van der Waals surface area contributed by atoms with E-state index in [4.69, 9.17) is 0 Å². The van der Waals surface area contributed by atoms with E-state index in [0.29, 0.717) is 0 Å². The smallest absolute Gasteiger partial charge is 0.0541 e. The number of rotatable bonds is 5. The van der Waals surface area contributed by atoms with E-state index in [1.807, 2.05) is 0 Å². The van der Waals surface area contributed by atoms with Gasteiger partial charge in [0.25, 0.3) is 0 Å². The minimum atomic E-state index is 0.0682. The summed E-state index contributed by atoms with van der Waals surface area (Å²) >= 11 is 0. The fraction of sp³-hybridized carbons (Fsp3) is 0.0357. The summed E-state index contributed by atoms with van der Waals surface area (Å²) in [4.78, 5) is 0. The maximum Gasteiger partial charge on any atom is 0.0541 e. The minimum Gasteiger partial charge on any atom is -0.309 e. The van der Waals surface area contributed by atoms with E-state index in [0.717, 1.165) is 0 Å². The zero-order valence-corrected chi connectivity index (χ0v) is 31.3. The normalized spacial score (nSPS) is 14.1. The van der Waals surface area contributed by atoms with E-state index in [2.05, 4.69) is 217 Å². The molecule has 0 saturated heterocycles. The van der Waals surface area contributed by atoms with Crippen molar-refractivity contribution >= 4 is 21.8 Å². The van der Waals surface area contributed by atoms with Crippen molar-refractivity contribution in [3.8, 4) is 50.2 Å². The van der Waals surface area contributed by atoms with E-state index >= 15 is 0 Å². The molecule has 266 valence electrons. The summed E-state index contributed by atoms with van der Waals surface area (Å²) < 4.78 is 2.44. The molecule has 12 rings (SSSR count). The van der Waals surface area contributed by atoms with Crippen LogP contribution >= 0.6 is 0 Å². The summed E-state index contributed by atoms with van der Waals surface area (Å²) in [6.07, 6.45) is 0. The van der Waals surface area contributed by atoms with E-state index in [9.17, 15) is 0 Å². The SMILES string of the molecule is c1ccc(-c2ccc(-c3cccc(C4c5ccccc5-c5ccccc54)c3)c(C3c4ccccc4-c4cc(-n5c6ccccc6c6ccccc65)ccc43)c2)cc1. The quantitative estimate of drug-likeness (QED) is 0.167. The van der Waals surface area contributed by atoms with Gasteiger partial charge >= 0.3 is 0 Å². The summed E-state index contributed by atoms with van der Waals surface area (Å²) in [5.74, 6) is 0.259. The molecule has 0 bridgehead atoms. The molecule has 0 spiro atoms. The lowest BCUT2D eigenvalue weighted by Crippen LogP contribution is -2.04. The average molecular weight is 724 g/mol. The largest absolute Gasteiger partial charge is 0.309 e. The van der Waals surface area contributed by atoms with Crippen LogP contribution in [0, 0.1) is 0 Å². The number of hydrogen-bond acceptors (Lipinski definition) is 0. The van der Waals surface area contributed by atoms with E-state index in [1.54, 1.807) is 0 Å². The van der Waals surface area contributed by atoms with Crippen LogP contribution in [0.15, 0.2) is 212 Å². The maximum absolute atomic E-state index is 2.47. The van der Waals surface area contributed by atoms with Gasteiger partial charge in [0.05, 0.1) is 11.0 Å². The highest BCUT2D eigenvalue weighted by Gasteiger charge is 2.33.